The third kappa shape index (κ3) is 2.89. The van der Waals surface area contributed by atoms with E-state index in [1.54, 1.807) is 35.0 Å². The summed E-state index contributed by atoms with van der Waals surface area (Å²) in [5, 5.41) is 22.4. The molecule has 1 unspecified atom stereocenters. The van der Waals surface area contributed by atoms with Crippen molar-refractivity contribution in [1.82, 2.24) is 14.5 Å². The van der Waals surface area contributed by atoms with Crippen LogP contribution in [0, 0.1) is 0 Å². The van der Waals surface area contributed by atoms with Crippen molar-refractivity contribution in [2.24, 2.45) is 0 Å². The summed E-state index contributed by atoms with van der Waals surface area (Å²) in [4.78, 5) is 8.15. The maximum Gasteiger partial charge on any atom is 0.164 e. The van der Waals surface area contributed by atoms with Crippen molar-refractivity contribution in [2.75, 3.05) is 12.3 Å². The Hall–Kier alpha value is -2.30. The molecule has 1 aromatic carbocycles. The molecular weight excluding hydrogens is 403 g/mol. The number of benzene rings is 1. The predicted octanol–water partition coefficient (Wildman–Crippen LogP) is 2.07. The van der Waals surface area contributed by atoms with Crippen molar-refractivity contribution in [2.45, 2.75) is 36.8 Å². The third-order valence-electron chi connectivity index (χ3n) is 5.50. The monoisotopic (exact) mass is 420 g/mol. The maximum atomic E-state index is 14.3. The van der Waals surface area contributed by atoms with E-state index in [0.29, 0.717) is 33.0 Å². The molecular formula is C19H18ClFN4O4. The van der Waals surface area contributed by atoms with Gasteiger partial charge in [0.1, 0.15) is 48.4 Å². The summed E-state index contributed by atoms with van der Waals surface area (Å²) in [5.74, 6) is 0.300. The number of halogens is 2. The van der Waals surface area contributed by atoms with Crippen molar-refractivity contribution in [1.29, 1.82) is 0 Å². The van der Waals surface area contributed by atoms with Crippen molar-refractivity contribution in [3.63, 3.8) is 0 Å². The lowest BCUT2D eigenvalue weighted by Gasteiger charge is -2.33. The van der Waals surface area contributed by atoms with Crippen LogP contribution in [-0.2, 0) is 9.47 Å². The number of hydrogen-bond donors (Lipinski definition) is 3. The molecule has 0 bridgehead atoms. The van der Waals surface area contributed by atoms with Gasteiger partial charge in [-0.2, -0.15) is 0 Å². The van der Waals surface area contributed by atoms with Crippen LogP contribution < -0.4 is 5.73 Å². The Morgan fingerprint density at radius 1 is 1.17 bits per heavy atom. The van der Waals surface area contributed by atoms with E-state index in [2.05, 4.69) is 9.97 Å². The van der Waals surface area contributed by atoms with Gasteiger partial charge in [0.2, 0.25) is 0 Å². The Kier molecular flexibility index (Phi) is 4.45. The van der Waals surface area contributed by atoms with Crippen LogP contribution in [-0.4, -0.2) is 49.7 Å². The van der Waals surface area contributed by atoms with Gasteiger partial charge in [-0.05, 0) is 29.3 Å². The third-order valence-corrected chi connectivity index (χ3v) is 5.74. The number of aromatic nitrogens is 3. The number of aliphatic hydroxyl groups excluding tert-OH is 2. The highest BCUT2D eigenvalue weighted by Gasteiger charge is 2.50. The minimum Gasteiger partial charge on any atom is -0.387 e. The van der Waals surface area contributed by atoms with E-state index in [1.807, 2.05) is 0 Å². The standard InChI is InChI=1S/C19H18ClFN4O4/c20-8-1-2-9-11(5-8)12(21)6-28-15(9)16-13(26)14(27)19(29-16)25-4-3-10-17(22)23-7-24-18(10)25/h1-5,7,12-16,19,26-27H,6H2,(H2,22,23,24)/t12-,13+,14-,15-,16?,19-/m1/s1. The highest BCUT2D eigenvalue weighted by atomic mass is 35.5. The molecule has 0 radical (unpaired) electrons. The fourth-order valence-electron chi connectivity index (χ4n) is 4.08. The van der Waals surface area contributed by atoms with Crippen molar-refractivity contribution in [3.8, 4) is 0 Å². The zero-order chi connectivity index (χ0) is 20.3. The van der Waals surface area contributed by atoms with Crippen LogP contribution in [0.2, 0.25) is 5.02 Å². The van der Waals surface area contributed by atoms with Gasteiger partial charge in [-0.3, -0.25) is 0 Å². The first-order chi connectivity index (χ1) is 14.0. The summed E-state index contributed by atoms with van der Waals surface area (Å²) in [5.41, 5.74) is 7.27. The molecule has 6 atom stereocenters. The van der Waals surface area contributed by atoms with Gasteiger partial charge in [-0.1, -0.05) is 17.7 Å². The van der Waals surface area contributed by atoms with Crippen LogP contribution in [0.15, 0.2) is 36.8 Å². The Morgan fingerprint density at radius 2 is 2.00 bits per heavy atom. The molecule has 0 spiro atoms. The number of ether oxygens (including phenoxy) is 2. The van der Waals surface area contributed by atoms with E-state index in [4.69, 9.17) is 26.8 Å². The number of nitrogen functional groups attached to an aromatic ring is 1. The highest BCUT2D eigenvalue weighted by molar-refractivity contribution is 6.30. The molecule has 10 heteroatoms. The van der Waals surface area contributed by atoms with Gasteiger partial charge in [-0.25, -0.2) is 14.4 Å². The summed E-state index contributed by atoms with van der Waals surface area (Å²) in [6.45, 7) is -0.193. The Bertz CT molecular complexity index is 1080. The number of aliphatic hydroxyl groups is 2. The number of nitrogens with zero attached hydrogens (tertiary/aromatic N) is 3. The fourth-order valence-corrected chi connectivity index (χ4v) is 4.26. The molecule has 2 aliphatic rings. The van der Waals surface area contributed by atoms with Crippen LogP contribution >= 0.6 is 11.6 Å². The summed E-state index contributed by atoms with van der Waals surface area (Å²) in [7, 11) is 0. The molecule has 29 heavy (non-hydrogen) atoms. The minimum absolute atomic E-state index is 0.193. The number of alkyl halides is 1. The first-order valence-corrected chi connectivity index (χ1v) is 9.47. The van der Waals surface area contributed by atoms with Gasteiger partial charge in [0.15, 0.2) is 6.23 Å². The molecule has 5 rings (SSSR count). The lowest BCUT2D eigenvalue weighted by Crippen LogP contribution is -2.38. The molecule has 0 amide bonds. The first-order valence-electron chi connectivity index (χ1n) is 9.09. The largest absolute Gasteiger partial charge is 0.387 e. The van der Waals surface area contributed by atoms with E-state index in [0.717, 1.165) is 0 Å². The molecule has 1 saturated heterocycles. The van der Waals surface area contributed by atoms with Crippen LogP contribution in [0.1, 0.15) is 29.6 Å². The summed E-state index contributed by atoms with van der Waals surface area (Å²) in [6.07, 6.45) is -3.47. The molecule has 1 fully saturated rings. The SMILES string of the molecule is Nc1ncnc2c1ccn2[C@@H]1OC([C@@H]2OC[C@@H](F)c3cc(Cl)ccc32)[C@@H](O)[C@H]1O. The second-order valence-corrected chi connectivity index (χ2v) is 7.62. The molecule has 3 aromatic rings. The van der Waals surface area contributed by atoms with Crippen LogP contribution in [0.25, 0.3) is 11.0 Å². The summed E-state index contributed by atoms with van der Waals surface area (Å²) in [6, 6.07) is 6.54. The van der Waals surface area contributed by atoms with Crippen molar-refractivity contribution in [3.05, 3.63) is 52.9 Å². The lowest BCUT2D eigenvalue weighted by molar-refractivity contribution is -0.124. The summed E-state index contributed by atoms with van der Waals surface area (Å²) < 4.78 is 27.6. The molecule has 152 valence electrons. The number of rotatable bonds is 2. The Morgan fingerprint density at radius 3 is 2.83 bits per heavy atom. The van der Waals surface area contributed by atoms with Gasteiger partial charge >= 0.3 is 0 Å². The maximum absolute atomic E-state index is 14.3. The number of anilines is 1. The zero-order valence-electron chi connectivity index (χ0n) is 15.0. The number of hydrogen-bond acceptors (Lipinski definition) is 7. The second-order valence-electron chi connectivity index (χ2n) is 7.19. The fraction of sp³-hybridized carbons (Fsp3) is 0.368. The smallest absolute Gasteiger partial charge is 0.164 e. The van der Waals surface area contributed by atoms with Gasteiger partial charge in [-0.15, -0.1) is 0 Å². The zero-order valence-corrected chi connectivity index (χ0v) is 15.8. The van der Waals surface area contributed by atoms with E-state index >= 15 is 0 Å². The molecule has 2 aliphatic heterocycles. The normalized spacial score (nSPS) is 31.9. The van der Waals surface area contributed by atoms with E-state index in [-0.39, 0.29) is 6.61 Å². The summed E-state index contributed by atoms with van der Waals surface area (Å²) >= 11 is 6.01. The second kappa shape index (κ2) is 6.89. The highest BCUT2D eigenvalue weighted by Crippen LogP contribution is 2.44. The molecule has 0 aliphatic carbocycles. The molecule has 8 nitrogen and oxygen atoms in total. The van der Waals surface area contributed by atoms with Gasteiger partial charge < -0.3 is 30.0 Å². The molecule has 4 N–H and O–H groups in total. The van der Waals surface area contributed by atoms with Gasteiger partial charge in [0.25, 0.3) is 0 Å². The Balaban J connectivity index is 1.51. The number of fused-ring (bicyclic) bond motifs is 2. The Labute approximate surface area is 169 Å². The van der Waals surface area contributed by atoms with Crippen LogP contribution in [0.4, 0.5) is 10.2 Å². The minimum atomic E-state index is -1.33. The van der Waals surface area contributed by atoms with Gasteiger partial charge in [0.05, 0.1) is 12.0 Å². The molecule has 0 saturated carbocycles. The lowest BCUT2D eigenvalue weighted by atomic mass is 9.91. The quantitative estimate of drug-likeness (QED) is 0.581. The van der Waals surface area contributed by atoms with E-state index < -0.39 is 36.8 Å². The number of nitrogens with two attached hydrogens (primary N) is 1. The first kappa shape index (κ1) is 18.7. The van der Waals surface area contributed by atoms with Crippen molar-refractivity contribution < 1.29 is 24.1 Å². The van der Waals surface area contributed by atoms with Crippen LogP contribution in [0.3, 0.4) is 0 Å². The van der Waals surface area contributed by atoms with Crippen molar-refractivity contribution >= 4 is 28.5 Å². The average Bonchev–Trinajstić information content (AvgIpc) is 3.26. The average molecular weight is 421 g/mol. The van der Waals surface area contributed by atoms with Gasteiger partial charge in [0, 0.05) is 11.2 Å². The topological polar surface area (TPSA) is 116 Å². The molecule has 2 aromatic heterocycles. The van der Waals surface area contributed by atoms with Crippen LogP contribution in [0.5, 0.6) is 0 Å². The molecule has 4 heterocycles. The van der Waals surface area contributed by atoms with E-state index in [1.165, 1.54) is 6.33 Å². The predicted molar refractivity (Wildman–Crippen MR) is 102 cm³/mol. The van der Waals surface area contributed by atoms with E-state index in [9.17, 15) is 14.6 Å².